The second-order valence-corrected chi connectivity index (χ2v) is 7.56. The minimum atomic E-state index is 0.186. The number of halogens is 6. The molecular weight excluding hydrogens is 459 g/mol. The average Bonchev–Trinajstić information content (AvgIpc) is 2.63. The summed E-state index contributed by atoms with van der Waals surface area (Å²) >= 11 is 37.7. The quantitative estimate of drug-likeness (QED) is 0.288. The normalized spacial score (nSPS) is 10.8. The predicted molar refractivity (Wildman–Crippen MR) is 111 cm³/mol. The van der Waals surface area contributed by atoms with Gasteiger partial charge in [-0.1, -0.05) is 69.6 Å². The van der Waals surface area contributed by atoms with Gasteiger partial charge in [0.05, 0.1) is 35.8 Å². The van der Waals surface area contributed by atoms with Gasteiger partial charge in [0, 0.05) is 28.5 Å². The molecule has 3 rings (SSSR count). The van der Waals surface area contributed by atoms with E-state index in [2.05, 4.69) is 4.98 Å². The van der Waals surface area contributed by atoms with Crippen LogP contribution in [0.5, 0.6) is 0 Å². The van der Waals surface area contributed by atoms with Crippen LogP contribution in [0.4, 0.5) is 0 Å². The summed E-state index contributed by atoms with van der Waals surface area (Å²) in [5.41, 5.74) is 1.71. The first kappa shape index (κ1) is 19.8. The number of rotatable bonds is 3. The van der Waals surface area contributed by atoms with Gasteiger partial charge in [-0.05, 0) is 30.3 Å². The SMILES string of the molecule is O=Cc1ccnc(-c2c(Cl)ccc(Cl)c2Cl)c1-c1c(Cl)ccc(Cl)c1Cl. The molecule has 0 aliphatic carbocycles. The molecule has 0 atom stereocenters. The summed E-state index contributed by atoms with van der Waals surface area (Å²) in [5, 5.41) is 1.56. The molecule has 1 heterocycles. The van der Waals surface area contributed by atoms with Crippen LogP contribution in [-0.4, -0.2) is 11.3 Å². The molecule has 0 amide bonds. The third-order valence-corrected chi connectivity index (χ3v) is 5.92. The third-order valence-electron chi connectivity index (χ3n) is 3.68. The maximum absolute atomic E-state index is 11.7. The Morgan fingerprint density at radius 2 is 1.15 bits per heavy atom. The van der Waals surface area contributed by atoms with E-state index in [-0.39, 0.29) is 15.1 Å². The van der Waals surface area contributed by atoms with Gasteiger partial charge in [-0.15, -0.1) is 0 Å². The fourth-order valence-electron chi connectivity index (χ4n) is 2.53. The van der Waals surface area contributed by atoms with Crippen molar-refractivity contribution < 1.29 is 4.79 Å². The van der Waals surface area contributed by atoms with Crippen molar-refractivity contribution in [1.82, 2.24) is 4.98 Å². The Balaban J connectivity index is 2.49. The fourth-order valence-corrected chi connectivity index (χ4v) is 3.95. The zero-order valence-electron chi connectivity index (χ0n) is 12.7. The molecule has 132 valence electrons. The predicted octanol–water partition coefficient (Wildman–Crippen LogP) is 8.15. The second kappa shape index (κ2) is 7.93. The van der Waals surface area contributed by atoms with Crippen molar-refractivity contribution in [3.63, 3.8) is 0 Å². The van der Waals surface area contributed by atoms with E-state index in [1.807, 2.05) is 0 Å². The minimum absolute atomic E-state index is 0.186. The highest BCUT2D eigenvalue weighted by molar-refractivity contribution is 6.48. The minimum Gasteiger partial charge on any atom is -0.298 e. The number of carbonyl (C=O) groups is 1. The number of benzene rings is 2. The lowest BCUT2D eigenvalue weighted by Crippen LogP contribution is -1.98. The van der Waals surface area contributed by atoms with Gasteiger partial charge in [-0.25, -0.2) is 0 Å². The number of carbonyl (C=O) groups excluding carboxylic acids is 1. The van der Waals surface area contributed by atoms with Gasteiger partial charge in [0.2, 0.25) is 0 Å². The van der Waals surface area contributed by atoms with Gasteiger partial charge in [-0.2, -0.15) is 0 Å². The molecule has 3 aromatic rings. The van der Waals surface area contributed by atoms with Crippen LogP contribution in [0.2, 0.25) is 30.1 Å². The Morgan fingerprint density at radius 1 is 0.654 bits per heavy atom. The van der Waals surface area contributed by atoms with Crippen molar-refractivity contribution >= 4 is 75.9 Å². The molecule has 1 aromatic heterocycles. The number of nitrogens with zero attached hydrogens (tertiary/aromatic N) is 1. The number of hydrogen-bond acceptors (Lipinski definition) is 2. The lowest BCUT2D eigenvalue weighted by Gasteiger charge is -2.17. The summed E-state index contributed by atoms with van der Waals surface area (Å²) in [6.45, 7) is 0. The fraction of sp³-hybridized carbons (Fsp3) is 0. The average molecular weight is 466 g/mol. The molecule has 8 heteroatoms. The van der Waals surface area contributed by atoms with E-state index in [1.54, 1.807) is 24.3 Å². The summed E-state index contributed by atoms with van der Waals surface area (Å²) in [7, 11) is 0. The molecule has 26 heavy (non-hydrogen) atoms. The molecule has 0 bridgehead atoms. The molecule has 0 spiro atoms. The first-order chi connectivity index (χ1) is 12.4. The molecule has 0 aliphatic rings. The summed E-state index contributed by atoms with van der Waals surface area (Å²) in [6.07, 6.45) is 2.13. The highest BCUT2D eigenvalue weighted by atomic mass is 35.5. The highest BCUT2D eigenvalue weighted by Gasteiger charge is 2.24. The molecule has 2 aromatic carbocycles. The Hall–Kier alpha value is -1.000. The van der Waals surface area contributed by atoms with E-state index >= 15 is 0 Å². The van der Waals surface area contributed by atoms with Crippen LogP contribution in [0.25, 0.3) is 22.4 Å². The summed E-state index contributed by atoms with van der Waals surface area (Å²) < 4.78 is 0. The van der Waals surface area contributed by atoms with Crippen molar-refractivity contribution in [2.75, 3.05) is 0 Å². The van der Waals surface area contributed by atoms with Gasteiger partial charge in [0.1, 0.15) is 0 Å². The smallest absolute Gasteiger partial charge is 0.150 e. The molecule has 0 fully saturated rings. The first-order valence-electron chi connectivity index (χ1n) is 7.08. The Bertz CT molecular complexity index is 1030. The van der Waals surface area contributed by atoms with Crippen molar-refractivity contribution in [1.29, 1.82) is 0 Å². The molecule has 0 radical (unpaired) electrons. The summed E-state index contributed by atoms with van der Waals surface area (Å²) in [6, 6.07) is 7.83. The van der Waals surface area contributed by atoms with Crippen LogP contribution < -0.4 is 0 Å². The molecular formula is C18H7Cl6NO. The molecule has 0 saturated carbocycles. The third kappa shape index (κ3) is 3.43. The highest BCUT2D eigenvalue weighted by Crippen LogP contribution is 2.47. The van der Waals surface area contributed by atoms with E-state index in [0.717, 1.165) is 0 Å². The summed E-state index contributed by atoms with van der Waals surface area (Å²) in [4.78, 5) is 16.1. The lowest BCUT2D eigenvalue weighted by atomic mass is 9.95. The Morgan fingerprint density at radius 3 is 1.73 bits per heavy atom. The Kier molecular flexibility index (Phi) is 6.03. The monoisotopic (exact) mass is 463 g/mol. The van der Waals surface area contributed by atoms with Crippen LogP contribution in [-0.2, 0) is 0 Å². The van der Waals surface area contributed by atoms with E-state index in [0.29, 0.717) is 49.3 Å². The van der Waals surface area contributed by atoms with E-state index in [1.165, 1.54) is 12.3 Å². The topological polar surface area (TPSA) is 30.0 Å². The maximum Gasteiger partial charge on any atom is 0.150 e. The van der Waals surface area contributed by atoms with Crippen molar-refractivity contribution in [3.05, 3.63) is 72.2 Å². The number of aldehydes is 1. The van der Waals surface area contributed by atoms with Crippen molar-refractivity contribution in [3.8, 4) is 22.4 Å². The number of hydrogen-bond donors (Lipinski definition) is 0. The van der Waals surface area contributed by atoms with Crippen molar-refractivity contribution in [2.24, 2.45) is 0 Å². The second-order valence-electron chi connectivity index (χ2n) is 5.18. The Labute approximate surface area is 179 Å². The summed E-state index contributed by atoms with van der Waals surface area (Å²) in [5.74, 6) is 0. The van der Waals surface area contributed by atoms with Gasteiger partial charge >= 0.3 is 0 Å². The number of aromatic nitrogens is 1. The van der Waals surface area contributed by atoms with E-state index < -0.39 is 0 Å². The molecule has 0 saturated heterocycles. The van der Waals surface area contributed by atoms with E-state index in [9.17, 15) is 4.79 Å². The largest absolute Gasteiger partial charge is 0.298 e. The zero-order chi connectivity index (χ0) is 19.0. The van der Waals surface area contributed by atoms with Crippen LogP contribution >= 0.6 is 69.6 Å². The van der Waals surface area contributed by atoms with Crippen LogP contribution in [0.3, 0.4) is 0 Å². The lowest BCUT2D eigenvalue weighted by molar-refractivity contribution is 0.112. The standard InChI is InChI=1S/C18H7Cl6NO/c19-9-1-3-11(21)16(23)14(9)13-8(7-26)5-6-25-18(13)15-10(20)2-4-12(22)17(15)24/h1-7H. The van der Waals surface area contributed by atoms with E-state index in [4.69, 9.17) is 69.6 Å². The molecule has 0 unspecified atom stereocenters. The van der Waals surface area contributed by atoms with Gasteiger partial charge in [0.15, 0.2) is 6.29 Å². The zero-order valence-corrected chi connectivity index (χ0v) is 17.2. The molecule has 0 N–H and O–H groups in total. The van der Waals surface area contributed by atoms with Gasteiger partial charge < -0.3 is 0 Å². The van der Waals surface area contributed by atoms with Crippen molar-refractivity contribution in [2.45, 2.75) is 0 Å². The molecule has 2 nitrogen and oxygen atoms in total. The van der Waals surface area contributed by atoms with Crippen LogP contribution in [0.15, 0.2) is 36.5 Å². The first-order valence-corrected chi connectivity index (χ1v) is 9.35. The maximum atomic E-state index is 11.7. The molecule has 0 aliphatic heterocycles. The van der Waals surface area contributed by atoms with Gasteiger partial charge in [-0.3, -0.25) is 9.78 Å². The van der Waals surface area contributed by atoms with Crippen LogP contribution in [0, 0.1) is 0 Å². The van der Waals surface area contributed by atoms with Crippen LogP contribution in [0.1, 0.15) is 10.4 Å². The number of pyridine rings is 1. The van der Waals surface area contributed by atoms with Gasteiger partial charge in [0.25, 0.3) is 0 Å².